The van der Waals surface area contributed by atoms with Crippen molar-refractivity contribution in [2.75, 3.05) is 26.4 Å². The van der Waals surface area contributed by atoms with Crippen LogP contribution in [0, 0.1) is 5.92 Å². The third-order valence-corrected chi connectivity index (χ3v) is 1.93. The SMILES string of the molecule is CC1COCC1OCCCO. The molecule has 1 aliphatic rings. The fraction of sp³-hybridized carbons (Fsp3) is 1.00. The van der Waals surface area contributed by atoms with Crippen LogP contribution in [0.1, 0.15) is 13.3 Å². The average Bonchev–Trinajstić information content (AvgIpc) is 2.37. The summed E-state index contributed by atoms with van der Waals surface area (Å²) in [5.41, 5.74) is 0. The number of aliphatic hydroxyl groups is 1. The van der Waals surface area contributed by atoms with Crippen molar-refractivity contribution in [2.45, 2.75) is 19.4 Å². The Morgan fingerprint density at radius 3 is 2.91 bits per heavy atom. The van der Waals surface area contributed by atoms with E-state index in [-0.39, 0.29) is 12.7 Å². The van der Waals surface area contributed by atoms with Gasteiger partial charge in [-0.2, -0.15) is 0 Å². The highest BCUT2D eigenvalue weighted by Gasteiger charge is 2.24. The van der Waals surface area contributed by atoms with Crippen molar-refractivity contribution in [2.24, 2.45) is 5.92 Å². The second-order valence-electron chi connectivity index (χ2n) is 3.00. The van der Waals surface area contributed by atoms with E-state index in [2.05, 4.69) is 6.92 Å². The van der Waals surface area contributed by atoms with E-state index in [4.69, 9.17) is 14.6 Å². The first kappa shape index (κ1) is 8.97. The molecule has 0 radical (unpaired) electrons. The third-order valence-electron chi connectivity index (χ3n) is 1.93. The smallest absolute Gasteiger partial charge is 0.0855 e. The minimum absolute atomic E-state index is 0.210. The summed E-state index contributed by atoms with van der Waals surface area (Å²) in [6, 6.07) is 0. The molecule has 0 bridgehead atoms. The molecule has 0 aromatic heterocycles. The highest BCUT2D eigenvalue weighted by atomic mass is 16.5. The van der Waals surface area contributed by atoms with E-state index in [0.29, 0.717) is 19.1 Å². The van der Waals surface area contributed by atoms with Crippen LogP contribution in [0.4, 0.5) is 0 Å². The quantitative estimate of drug-likeness (QED) is 0.606. The predicted molar refractivity (Wildman–Crippen MR) is 41.4 cm³/mol. The maximum atomic E-state index is 8.49. The number of aliphatic hydroxyl groups excluding tert-OH is 1. The first-order chi connectivity index (χ1) is 5.34. The number of ether oxygens (including phenoxy) is 2. The molecule has 2 unspecified atom stereocenters. The van der Waals surface area contributed by atoms with E-state index in [9.17, 15) is 0 Å². The normalized spacial score (nSPS) is 31.1. The van der Waals surface area contributed by atoms with E-state index >= 15 is 0 Å². The number of hydrogen-bond donors (Lipinski definition) is 1. The Labute approximate surface area is 67.3 Å². The molecule has 11 heavy (non-hydrogen) atoms. The van der Waals surface area contributed by atoms with Crippen LogP contribution >= 0.6 is 0 Å². The lowest BCUT2D eigenvalue weighted by molar-refractivity contribution is 0.0220. The zero-order valence-electron chi connectivity index (χ0n) is 6.95. The highest BCUT2D eigenvalue weighted by molar-refractivity contribution is 4.71. The summed E-state index contributed by atoms with van der Waals surface area (Å²) in [6.07, 6.45) is 0.977. The summed E-state index contributed by atoms with van der Waals surface area (Å²) >= 11 is 0. The average molecular weight is 160 g/mol. The molecule has 3 nitrogen and oxygen atoms in total. The van der Waals surface area contributed by atoms with Crippen molar-refractivity contribution in [3.05, 3.63) is 0 Å². The standard InChI is InChI=1S/C8H16O3/c1-7-5-10-6-8(7)11-4-2-3-9/h7-9H,2-6H2,1H3. The van der Waals surface area contributed by atoms with Gasteiger partial charge in [-0.05, 0) is 6.42 Å². The molecule has 1 N–H and O–H groups in total. The van der Waals surface area contributed by atoms with Gasteiger partial charge in [-0.25, -0.2) is 0 Å². The molecule has 1 heterocycles. The van der Waals surface area contributed by atoms with Crippen molar-refractivity contribution < 1.29 is 14.6 Å². The van der Waals surface area contributed by atoms with Gasteiger partial charge in [-0.1, -0.05) is 6.92 Å². The largest absolute Gasteiger partial charge is 0.396 e. The summed E-state index contributed by atoms with van der Waals surface area (Å²) in [7, 11) is 0. The van der Waals surface area contributed by atoms with E-state index in [1.54, 1.807) is 0 Å². The van der Waals surface area contributed by atoms with E-state index in [1.165, 1.54) is 0 Å². The van der Waals surface area contributed by atoms with Crippen LogP contribution in [0.3, 0.4) is 0 Å². The van der Waals surface area contributed by atoms with Crippen molar-refractivity contribution in [3.63, 3.8) is 0 Å². The molecule has 0 spiro atoms. The van der Waals surface area contributed by atoms with Gasteiger partial charge in [0.1, 0.15) is 0 Å². The lowest BCUT2D eigenvalue weighted by Crippen LogP contribution is -2.20. The van der Waals surface area contributed by atoms with Gasteiger partial charge in [-0.3, -0.25) is 0 Å². The Kier molecular flexibility index (Phi) is 3.83. The lowest BCUT2D eigenvalue weighted by atomic mass is 10.1. The molecule has 0 aliphatic carbocycles. The van der Waals surface area contributed by atoms with E-state index < -0.39 is 0 Å². The van der Waals surface area contributed by atoms with E-state index in [0.717, 1.165) is 13.0 Å². The zero-order valence-corrected chi connectivity index (χ0v) is 6.95. The highest BCUT2D eigenvalue weighted by Crippen LogP contribution is 2.15. The fourth-order valence-electron chi connectivity index (χ4n) is 1.15. The van der Waals surface area contributed by atoms with Crippen molar-refractivity contribution in [3.8, 4) is 0 Å². The Hall–Kier alpha value is -0.120. The molecule has 1 rings (SSSR count). The van der Waals surface area contributed by atoms with Crippen LogP contribution in [0.25, 0.3) is 0 Å². The van der Waals surface area contributed by atoms with Gasteiger partial charge in [0.15, 0.2) is 0 Å². The van der Waals surface area contributed by atoms with Gasteiger partial charge in [0.05, 0.1) is 19.3 Å². The summed E-state index contributed by atoms with van der Waals surface area (Å²) in [4.78, 5) is 0. The Morgan fingerprint density at radius 1 is 1.55 bits per heavy atom. The molecule has 0 saturated carbocycles. The number of rotatable bonds is 4. The van der Waals surface area contributed by atoms with Crippen LogP contribution < -0.4 is 0 Å². The minimum atomic E-state index is 0.210. The van der Waals surface area contributed by atoms with Crippen LogP contribution in [0.2, 0.25) is 0 Å². The summed E-state index contributed by atoms with van der Waals surface area (Å²) in [6.45, 7) is 4.50. The van der Waals surface area contributed by atoms with Gasteiger partial charge in [-0.15, -0.1) is 0 Å². The van der Waals surface area contributed by atoms with Gasteiger partial charge in [0.25, 0.3) is 0 Å². The predicted octanol–water partition coefficient (Wildman–Crippen LogP) is 0.420. The minimum Gasteiger partial charge on any atom is -0.396 e. The van der Waals surface area contributed by atoms with Crippen molar-refractivity contribution >= 4 is 0 Å². The van der Waals surface area contributed by atoms with Crippen molar-refractivity contribution in [1.82, 2.24) is 0 Å². The maximum Gasteiger partial charge on any atom is 0.0855 e. The first-order valence-electron chi connectivity index (χ1n) is 4.15. The fourth-order valence-corrected chi connectivity index (χ4v) is 1.15. The molecular weight excluding hydrogens is 144 g/mol. The Balaban J connectivity index is 2.05. The lowest BCUT2D eigenvalue weighted by Gasteiger charge is -2.13. The topological polar surface area (TPSA) is 38.7 Å². The molecule has 2 atom stereocenters. The van der Waals surface area contributed by atoms with Gasteiger partial charge < -0.3 is 14.6 Å². The molecule has 1 fully saturated rings. The summed E-state index contributed by atoms with van der Waals surface area (Å²) in [5, 5.41) is 8.49. The van der Waals surface area contributed by atoms with Crippen LogP contribution in [-0.4, -0.2) is 37.6 Å². The van der Waals surface area contributed by atoms with Gasteiger partial charge in [0.2, 0.25) is 0 Å². The maximum absolute atomic E-state index is 8.49. The molecular formula is C8H16O3. The monoisotopic (exact) mass is 160 g/mol. The molecule has 66 valence electrons. The summed E-state index contributed by atoms with van der Waals surface area (Å²) < 4.78 is 10.7. The molecule has 3 heteroatoms. The molecule has 0 aromatic rings. The van der Waals surface area contributed by atoms with Gasteiger partial charge in [0, 0.05) is 19.1 Å². The molecule has 1 aliphatic heterocycles. The second-order valence-corrected chi connectivity index (χ2v) is 3.00. The van der Waals surface area contributed by atoms with Crippen molar-refractivity contribution in [1.29, 1.82) is 0 Å². The van der Waals surface area contributed by atoms with Crippen LogP contribution in [0.15, 0.2) is 0 Å². The second kappa shape index (κ2) is 4.70. The van der Waals surface area contributed by atoms with Crippen LogP contribution in [0.5, 0.6) is 0 Å². The van der Waals surface area contributed by atoms with Gasteiger partial charge >= 0.3 is 0 Å². The Bertz CT molecular complexity index is 106. The summed E-state index contributed by atoms with van der Waals surface area (Å²) in [5.74, 6) is 0.508. The Morgan fingerprint density at radius 2 is 2.36 bits per heavy atom. The third kappa shape index (κ3) is 2.77. The zero-order chi connectivity index (χ0) is 8.10. The van der Waals surface area contributed by atoms with E-state index in [1.807, 2.05) is 0 Å². The molecule has 0 amide bonds. The molecule has 1 saturated heterocycles. The number of hydrogen-bond acceptors (Lipinski definition) is 3. The molecule has 0 aromatic carbocycles. The first-order valence-corrected chi connectivity index (χ1v) is 4.15. The van der Waals surface area contributed by atoms with Crippen LogP contribution in [-0.2, 0) is 9.47 Å².